The number of fused-ring (bicyclic) bond motifs is 2. The molecule has 0 saturated carbocycles. The molecule has 0 saturated heterocycles. The van der Waals surface area contributed by atoms with Gasteiger partial charge in [-0.05, 0) is 0 Å². The van der Waals surface area contributed by atoms with Crippen LogP contribution in [0, 0.1) is 0 Å². The fourth-order valence-corrected chi connectivity index (χ4v) is 8.57. The van der Waals surface area contributed by atoms with E-state index >= 15 is 0 Å². The molecule has 0 nitrogen and oxygen atoms in total. The van der Waals surface area contributed by atoms with Crippen molar-refractivity contribution in [3.63, 3.8) is 0 Å². The summed E-state index contributed by atoms with van der Waals surface area (Å²) in [6, 6.07) is 36.9. The fraction of sp³-hybridized carbons (Fsp3) is 0.282. The van der Waals surface area contributed by atoms with Gasteiger partial charge in [-0.15, -0.1) is 0 Å². The Morgan fingerprint density at radius 2 is 0.976 bits per heavy atom. The second-order valence-corrected chi connectivity index (χ2v) is 15.6. The molecule has 213 valence electrons. The minimum Gasteiger partial charge on any atom is -1.00 e. The summed E-state index contributed by atoms with van der Waals surface area (Å²) in [5, 5.41) is 0. The molecular weight excluding hydrogens is 718 g/mol. The third-order valence-corrected chi connectivity index (χ3v) is 11.0. The molecule has 0 aliphatic heterocycles. The number of rotatable bonds is 3. The molecule has 4 aromatic carbocycles. The molecule has 0 N–H and O–H groups in total. The molecular formula is C39H39Cl2Hf. The van der Waals surface area contributed by atoms with Gasteiger partial charge in [0.05, 0.1) is 0 Å². The first-order chi connectivity index (χ1) is 19.0. The molecule has 0 aromatic heterocycles. The molecule has 42 heavy (non-hydrogen) atoms. The zero-order chi connectivity index (χ0) is 28.4. The van der Waals surface area contributed by atoms with E-state index in [9.17, 15) is 0 Å². The Labute approximate surface area is 280 Å². The van der Waals surface area contributed by atoms with Gasteiger partial charge < -0.3 is 24.8 Å². The zero-order valence-corrected chi connectivity index (χ0v) is 30.8. The Hall–Kier alpha value is -2.19. The molecule has 4 aromatic rings. The van der Waals surface area contributed by atoms with Crippen molar-refractivity contribution < 1.29 is 49.2 Å². The summed E-state index contributed by atoms with van der Waals surface area (Å²) in [7, 11) is 0. The van der Waals surface area contributed by atoms with E-state index in [2.05, 4.69) is 146 Å². The minimum absolute atomic E-state index is 0. The SMILES string of the molecule is CC1C(c2ccccc2)=C(C2=C(c3cc(C(C)(C)C)cc(C(C)(C)C)c3)[CH]([Hf+2])c3ccccc32)c2ccccc21.[Cl-].[Cl-]. The van der Waals surface area contributed by atoms with Gasteiger partial charge in [-0.1, -0.05) is 0 Å². The van der Waals surface area contributed by atoms with Crippen LogP contribution in [0.25, 0.3) is 22.3 Å². The van der Waals surface area contributed by atoms with E-state index in [1.807, 2.05) is 0 Å². The van der Waals surface area contributed by atoms with E-state index in [4.69, 9.17) is 0 Å². The van der Waals surface area contributed by atoms with Gasteiger partial charge in [0, 0.05) is 0 Å². The minimum atomic E-state index is 0. The Balaban J connectivity index is 0.00000202. The average molecular weight is 757 g/mol. The maximum Gasteiger partial charge on any atom is -1.00 e. The second-order valence-electron chi connectivity index (χ2n) is 13.6. The van der Waals surface area contributed by atoms with Crippen LogP contribution in [0.15, 0.2) is 97.1 Å². The smallest absolute Gasteiger partial charge is 1.00 e. The van der Waals surface area contributed by atoms with Crippen LogP contribution in [0.3, 0.4) is 0 Å². The molecule has 6 rings (SSSR count). The molecule has 0 spiro atoms. The van der Waals surface area contributed by atoms with Crippen molar-refractivity contribution in [1.82, 2.24) is 0 Å². The van der Waals surface area contributed by atoms with Crippen LogP contribution < -0.4 is 24.8 Å². The summed E-state index contributed by atoms with van der Waals surface area (Å²) < 4.78 is 0.446. The molecule has 0 radical (unpaired) electrons. The molecule has 0 amide bonds. The van der Waals surface area contributed by atoms with Gasteiger partial charge in [-0.3, -0.25) is 0 Å². The Bertz CT molecular complexity index is 1650. The standard InChI is InChI=1S/C39H39.2ClH.Hf/c1-25-31-18-13-14-20-33(31)37(35(25)26-15-9-8-10-16-26)36-32-19-12-11-17-27(32)23-34(36)28-21-29(38(2,3)4)24-30(22-28)39(5,6)7;;;/h8-25H,1-7H3;2*1H;/q;;;+2/p-2. The fourth-order valence-electron chi connectivity index (χ4n) is 6.55. The van der Waals surface area contributed by atoms with E-state index in [1.165, 1.54) is 66.8 Å². The molecule has 2 aliphatic rings. The number of benzene rings is 4. The maximum atomic E-state index is 2.51. The topological polar surface area (TPSA) is 0 Å². The second kappa shape index (κ2) is 12.1. The van der Waals surface area contributed by atoms with Gasteiger partial charge in [0.2, 0.25) is 0 Å². The van der Waals surface area contributed by atoms with Crippen LogP contribution in [-0.4, -0.2) is 0 Å². The van der Waals surface area contributed by atoms with Crippen molar-refractivity contribution in [2.45, 2.75) is 68.9 Å². The quantitative estimate of drug-likeness (QED) is 0.270. The van der Waals surface area contributed by atoms with Gasteiger partial charge in [0.25, 0.3) is 0 Å². The van der Waals surface area contributed by atoms with Gasteiger partial charge in [0.15, 0.2) is 0 Å². The predicted molar refractivity (Wildman–Crippen MR) is 168 cm³/mol. The largest absolute Gasteiger partial charge is 1.00 e. The van der Waals surface area contributed by atoms with Gasteiger partial charge in [0.1, 0.15) is 0 Å². The maximum absolute atomic E-state index is 2.51. The summed E-state index contributed by atoms with van der Waals surface area (Å²) in [5.74, 6) is 0.341. The first-order valence-electron chi connectivity index (χ1n) is 14.6. The molecule has 2 aliphatic carbocycles. The number of hydrogen-bond donors (Lipinski definition) is 0. The van der Waals surface area contributed by atoms with Crippen LogP contribution in [0.5, 0.6) is 0 Å². The summed E-state index contributed by atoms with van der Waals surface area (Å²) in [6.45, 7) is 16.5. The van der Waals surface area contributed by atoms with E-state index in [-0.39, 0.29) is 35.6 Å². The van der Waals surface area contributed by atoms with Crippen LogP contribution >= 0.6 is 0 Å². The van der Waals surface area contributed by atoms with E-state index in [0.29, 0.717) is 9.59 Å². The first-order valence-corrected chi connectivity index (χ1v) is 16.6. The number of allylic oxidation sites excluding steroid dienone is 4. The van der Waals surface area contributed by atoms with Crippen LogP contribution in [0.1, 0.15) is 103 Å². The van der Waals surface area contributed by atoms with Gasteiger partial charge >= 0.3 is 257 Å². The predicted octanol–water partition coefficient (Wildman–Crippen LogP) is 4.53. The molecule has 0 bridgehead atoms. The molecule has 0 heterocycles. The third-order valence-electron chi connectivity index (χ3n) is 8.81. The van der Waals surface area contributed by atoms with E-state index in [0.717, 1.165) is 24.4 Å². The molecule has 3 heteroatoms. The van der Waals surface area contributed by atoms with Crippen LogP contribution in [0.2, 0.25) is 0 Å². The van der Waals surface area contributed by atoms with Crippen LogP contribution in [0.4, 0.5) is 0 Å². The first kappa shape index (κ1) is 32.7. The summed E-state index contributed by atoms with van der Waals surface area (Å²) in [6.07, 6.45) is 0. The monoisotopic (exact) mass is 757 g/mol. The summed E-state index contributed by atoms with van der Waals surface area (Å²) >= 11 is 1.07. The molecule has 2 unspecified atom stereocenters. The molecule has 0 fully saturated rings. The van der Waals surface area contributed by atoms with Gasteiger partial charge in [-0.2, -0.15) is 0 Å². The number of halogens is 2. The summed E-state index contributed by atoms with van der Waals surface area (Å²) in [5.41, 5.74) is 17.4. The van der Waals surface area contributed by atoms with Crippen molar-refractivity contribution in [3.8, 4) is 0 Å². The average Bonchev–Trinajstić information content (AvgIpc) is 3.38. The Morgan fingerprint density at radius 3 is 1.52 bits per heavy atom. The van der Waals surface area contributed by atoms with Crippen molar-refractivity contribution in [2.24, 2.45) is 0 Å². The van der Waals surface area contributed by atoms with Crippen molar-refractivity contribution >= 4 is 22.3 Å². The Kier molecular flexibility index (Phi) is 9.40. The van der Waals surface area contributed by atoms with Crippen molar-refractivity contribution in [3.05, 3.63) is 142 Å². The van der Waals surface area contributed by atoms with Gasteiger partial charge in [-0.25, -0.2) is 0 Å². The molecule has 2 atom stereocenters. The van der Waals surface area contributed by atoms with Crippen molar-refractivity contribution in [2.75, 3.05) is 0 Å². The number of hydrogen-bond acceptors (Lipinski definition) is 0. The zero-order valence-electron chi connectivity index (χ0n) is 25.6. The van der Waals surface area contributed by atoms with E-state index in [1.54, 1.807) is 0 Å². The van der Waals surface area contributed by atoms with E-state index < -0.39 is 0 Å². The summed E-state index contributed by atoms with van der Waals surface area (Å²) in [4.78, 5) is 0. The Morgan fingerprint density at radius 1 is 0.524 bits per heavy atom. The van der Waals surface area contributed by atoms with Crippen molar-refractivity contribution in [1.29, 1.82) is 0 Å². The third kappa shape index (κ3) is 5.58. The van der Waals surface area contributed by atoms with Crippen LogP contribution in [-0.2, 0) is 35.2 Å². The normalized spacial score (nSPS) is 17.9.